The predicted octanol–water partition coefficient (Wildman–Crippen LogP) is 4.81. The van der Waals surface area contributed by atoms with Crippen LogP contribution in [0.2, 0.25) is 5.02 Å². The highest BCUT2D eigenvalue weighted by Crippen LogP contribution is 2.29. The number of para-hydroxylation sites is 1. The second-order valence-electron chi connectivity index (χ2n) is 5.83. The van der Waals surface area contributed by atoms with Crippen LogP contribution in [0.3, 0.4) is 0 Å². The molecule has 0 radical (unpaired) electrons. The summed E-state index contributed by atoms with van der Waals surface area (Å²) in [6.07, 6.45) is 2.51. The van der Waals surface area contributed by atoms with Gasteiger partial charge >= 0.3 is 0 Å². The van der Waals surface area contributed by atoms with E-state index in [-0.39, 0.29) is 11.9 Å². The van der Waals surface area contributed by atoms with Crippen molar-refractivity contribution < 1.29 is 4.39 Å². The van der Waals surface area contributed by atoms with Crippen LogP contribution in [0.5, 0.6) is 0 Å². The Labute approximate surface area is 138 Å². The first-order valence-electron chi connectivity index (χ1n) is 7.53. The van der Waals surface area contributed by atoms with Gasteiger partial charge < -0.3 is 0 Å². The summed E-state index contributed by atoms with van der Waals surface area (Å²) < 4.78 is 13.8. The van der Waals surface area contributed by atoms with Gasteiger partial charge in [-0.05, 0) is 37.1 Å². The molecule has 0 saturated carbocycles. The summed E-state index contributed by atoms with van der Waals surface area (Å²) in [5.41, 5.74) is 4.30. The molecule has 2 heterocycles. The minimum atomic E-state index is -0.309. The fourth-order valence-electron chi connectivity index (χ4n) is 3.10. The summed E-state index contributed by atoms with van der Waals surface area (Å²) in [4.78, 5) is 9.08. The second-order valence-corrected chi connectivity index (χ2v) is 6.24. The van der Waals surface area contributed by atoms with Crippen LogP contribution in [0, 0.1) is 5.82 Å². The Morgan fingerprint density at radius 2 is 2.00 bits per heavy atom. The van der Waals surface area contributed by atoms with Crippen molar-refractivity contribution >= 4 is 28.2 Å². The Bertz CT molecular complexity index is 949. The normalized spacial score (nSPS) is 17.0. The number of halogens is 2. The number of aromatic nitrogens is 1. The molecular weight excluding hydrogens is 311 g/mol. The summed E-state index contributed by atoms with van der Waals surface area (Å²) >= 11 is 6.36. The molecule has 1 aliphatic heterocycles. The zero-order valence-electron chi connectivity index (χ0n) is 12.6. The Kier molecular flexibility index (Phi) is 3.38. The number of hydrogen-bond donors (Lipinski definition) is 0. The zero-order chi connectivity index (χ0) is 16.0. The third kappa shape index (κ3) is 2.41. The second kappa shape index (κ2) is 5.43. The van der Waals surface area contributed by atoms with Gasteiger partial charge in [0.1, 0.15) is 11.3 Å². The summed E-state index contributed by atoms with van der Waals surface area (Å²) in [6.45, 7) is 2.07. The Balaban J connectivity index is 1.92. The van der Waals surface area contributed by atoms with E-state index in [1.807, 2.05) is 30.3 Å². The van der Waals surface area contributed by atoms with E-state index in [0.29, 0.717) is 5.52 Å². The predicted molar refractivity (Wildman–Crippen MR) is 92.0 cm³/mol. The van der Waals surface area contributed by atoms with Gasteiger partial charge in [0.25, 0.3) is 0 Å². The van der Waals surface area contributed by atoms with Crippen LogP contribution in [-0.2, 0) is 6.42 Å². The van der Waals surface area contributed by atoms with E-state index in [1.165, 1.54) is 6.07 Å². The molecule has 0 amide bonds. The maximum absolute atomic E-state index is 13.8. The van der Waals surface area contributed by atoms with Crippen LogP contribution >= 0.6 is 11.6 Å². The number of pyridine rings is 1. The van der Waals surface area contributed by atoms with Crippen LogP contribution in [0.4, 0.5) is 4.39 Å². The molecular formula is C19H14ClFN2. The van der Waals surface area contributed by atoms with Crippen LogP contribution in [0.15, 0.2) is 53.7 Å². The fraction of sp³-hybridized carbons (Fsp3) is 0.158. The molecule has 0 bridgehead atoms. The average Bonchev–Trinajstić information content (AvgIpc) is 2.55. The number of hydrogen-bond acceptors (Lipinski definition) is 2. The van der Waals surface area contributed by atoms with E-state index < -0.39 is 0 Å². The molecule has 3 aromatic rings. The van der Waals surface area contributed by atoms with Gasteiger partial charge in [0.15, 0.2) is 0 Å². The van der Waals surface area contributed by atoms with Crippen LogP contribution in [0.25, 0.3) is 10.9 Å². The molecule has 2 nitrogen and oxygen atoms in total. The highest BCUT2D eigenvalue weighted by Gasteiger charge is 2.22. The highest BCUT2D eigenvalue weighted by atomic mass is 35.5. The molecule has 1 atom stereocenters. The maximum atomic E-state index is 13.8. The summed E-state index contributed by atoms with van der Waals surface area (Å²) in [7, 11) is 0. The molecule has 1 aromatic heterocycles. The third-order valence-corrected chi connectivity index (χ3v) is 4.51. The Morgan fingerprint density at radius 3 is 2.87 bits per heavy atom. The summed E-state index contributed by atoms with van der Waals surface area (Å²) in [5, 5.41) is 1.54. The lowest BCUT2D eigenvalue weighted by atomic mass is 9.91. The topological polar surface area (TPSA) is 25.2 Å². The molecule has 0 saturated heterocycles. The lowest BCUT2D eigenvalue weighted by molar-refractivity contribution is 0.637. The van der Waals surface area contributed by atoms with E-state index >= 15 is 0 Å². The number of aliphatic imine (C=N–C) groups is 1. The molecule has 0 spiro atoms. The summed E-state index contributed by atoms with van der Waals surface area (Å²) in [6, 6.07) is 12.9. The van der Waals surface area contributed by atoms with E-state index in [0.717, 1.165) is 39.2 Å². The maximum Gasteiger partial charge on any atom is 0.149 e. The lowest BCUT2D eigenvalue weighted by Crippen LogP contribution is -2.20. The van der Waals surface area contributed by atoms with Gasteiger partial charge in [-0.25, -0.2) is 4.39 Å². The molecule has 0 N–H and O–H groups in total. The van der Waals surface area contributed by atoms with Crippen molar-refractivity contribution in [1.82, 2.24) is 4.98 Å². The molecule has 114 valence electrons. The molecule has 1 aliphatic rings. The van der Waals surface area contributed by atoms with Crippen molar-refractivity contribution in [1.29, 1.82) is 0 Å². The third-order valence-electron chi connectivity index (χ3n) is 4.16. The number of nitrogens with zero attached hydrogens (tertiary/aromatic N) is 2. The van der Waals surface area contributed by atoms with Gasteiger partial charge in [-0.2, -0.15) is 0 Å². The Hall–Kier alpha value is -2.26. The molecule has 4 rings (SSSR count). The Morgan fingerprint density at radius 1 is 1.17 bits per heavy atom. The van der Waals surface area contributed by atoms with Gasteiger partial charge in [0, 0.05) is 27.7 Å². The van der Waals surface area contributed by atoms with E-state index in [9.17, 15) is 4.39 Å². The van der Waals surface area contributed by atoms with Crippen LogP contribution in [0.1, 0.15) is 23.6 Å². The molecule has 4 heteroatoms. The average molecular weight is 325 g/mol. The van der Waals surface area contributed by atoms with E-state index in [2.05, 4.69) is 11.9 Å². The van der Waals surface area contributed by atoms with Gasteiger partial charge in [0.2, 0.25) is 0 Å². The molecule has 0 aliphatic carbocycles. The smallest absolute Gasteiger partial charge is 0.149 e. The van der Waals surface area contributed by atoms with Gasteiger partial charge in [0.05, 0.1) is 11.8 Å². The van der Waals surface area contributed by atoms with Crippen LogP contribution in [-0.4, -0.2) is 16.7 Å². The minimum Gasteiger partial charge on any atom is -0.281 e. The quantitative estimate of drug-likeness (QED) is 0.630. The monoisotopic (exact) mass is 324 g/mol. The lowest BCUT2D eigenvalue weighted by Gasteiger charge is -2.22. The van der Waals surface area contributed by atoms with Crippen molar-refractivity contribution in [2.24, 2.45) is 4.99 Å². The highest BCUT2D eigenvalue weighted by molar-refractivity contribution is 6.32. The van der Waals surface area contributed by atoms with E-state index in [1.54, 1.807) is 12.3 Å². The number of fused-ring (bicyclic) bond motifs is 2. The number of rotatable bonds is 1. The number of benzene rings is 2. The van der Waals surface area contributed by atoms with Crippen molar-refractivity contribution in [3.05, 3.63) is 76.2 Å². The van der Waals surface area contributed by atoms with Crippen LogP contribution < -0.4 is 0 Å². The SMILES string of the molecule is CC1Cc2c(Cl)cccc2C(c2cnc3c(F)cccc3c2)=N1. The summed E-state index contributed by atoms with van der Waals surface area (Å²) in [5.74, 6) is -0.309. The molecule has 0 fully saturated rings. The largest absolute Gasteiger partial charge is 0.281 e. The van der Waals surface area contributed by atoms with Gasteiger partial charge in [-0.3, -0.25) is 9.98 Å². The first-order valence-corrected chi connectivity index (χ1v) is 7.91. The van der Waals surface area contributed by atoms with E-state index in [4.69, 9.17) is 16.6 Å². The molecule has 1 unspecified atom stereocenters. The first kappa shape index (κ1) is 14.3. The zero-order valence-corrected chi connectivity index (χ0v) is 13.3. The van der Waals surface area contributed by atoms with Gasteiger partial charge in [-0.1, -0.05) is 35.9 Å². The molecule has 23 heavy (non-hydrogen) atoms. The molecule has 2 aromatic carbocycles. The van der Waals surface area contributed by atoms with Crippen molar-refractivity contribution in [3.8, 4) is 0 Å². The van der Waals surface area contributed by atoms with Gasteiger partial charge in [-0.15, -0.1) is 0 Å². The van der Waals surface area contributed by atoms with Crippen molar-refractivity contribution in [3.63, 3.8) is 0 Å². The standard InChI is InChI=1S/C19H14ClFN2/c1-11-8-15-14(5-3-6-16(15)20)18(23-11)13-9-12-4-2-7-17(21)19(12)22-10-13/h2-7,9-11H,8H2,1H3. The fourth-order valence-corrected chi connectivity index (χ4v) is 3.35. The van der Waals surface area contributed by atoms with Crippen molar-refractivity contribution in [2.75, 3.05) is 0 Å². The minimum absolute atomic E-state index is 0.153. The first-order chi connectivity index (χ1) is 11.1. The van der Waals surface area contributed by atoms with Crippen molar-refractivity contribution in [2.45, 2.75) is 19.4 Å².